The van der Waals surface area contributed by atoms with Gasteiger partial charge in [0.25, 0.3) is 0 Å². The highest BCUT2D eigenvalue weighted by Crippen LogP contribution is 1.94. The van der Waals surface area contributed by atoms with E-state index in [0.717, 1.165) is 0 Å². The molecule has 0 fully saturated rings. The third kappa shape index (κ3) is 5.01. The summed E-state index contributed by atoms with van der Waals surface area (Å²) in [5, 5.41) is 12.7. The Morgan fingerprint density at radius 2 is 1.44 bits per heavy atom. The van der Waals surface area contributed by atoms with Crippen molar-refractivity contribution in [1.29, 1.82) is 0 Å². The van der Waals surface area contributed by atoms with Gasteiger partial charge in [-0.25, -0.2) is 0 Å². The van der Waals surface area contributed by atoms with Crippen molar-refractivity contribution in [3.8, 4) is 0 Å². The van der Waals surface area contributed by atoms with Crippen LogP contribution in [-0.2, 0) is 14.4 Å². The van der Waals surface area contributed by atoms with Gasteiger partial charge in [-0.3, -0.25) is 14.4 Å². The molecule has 0 bridgehead atoms. The van der Waals surface area contributed by atoms with Crippen LogP contribution in [-0.4, -0.2) is 40.2 Å². The number of carbonyl (C=O) groups is 3. The minimum absolute atomic E-state index is 0.381. The molecule has 0 spiro atoms. The van der Waals surface area contributed by atoms with Gasteiger partial charge in [0.2, 0.25) is 11.8 Å². The molecule has 0 aromatic rings. The zero-order chi connectivity index (χ0) is 12.9. The summed E-state index contributed by atoms with van der Waals surface area (Å²) >= 11 is 3.90. The molecule has 6 nitrogen and oxygen atoms in total. The molecule has 0 rings (SSSR count). The Labute approximate surface area is 99.2 Å². The first-order valence-electron chi connectivity index (χ1n) is 4.77. The van der Waals surface area contributed by atoms with Crippen LogP contribution in [0.5, 0.6) is 0 Å². The summed E-state index contributed by atoms with van der Waals surface area (Å²) in [5.74, 6) is -2.05. The van der Waals surface area contributed by atoms with Gasteiger partial charge in [-0.15, -0.1) is 0 Å². The zero-order valence-corrected chi connectivity index (χ0v) is 10.2. The van der Waals surface area contributed by atoms with Crippen molar-refractivity contribution in [2.75, 3.05) is 0 Å². The fourth-order valence-corrected chi connectivity index (χ4v) is 0.874. The second kappa shape index (κ2) is 6.37. The summed E-state index contributed by atoms with van der Waals surface area (Å²) in [4.78, 5) is 33.1. The average Bonchev–Trinajstić information content (AvgIpc) is 2.16. The van der Waals surface area contributed by atoms with E-state index >= 15 is 0 Å². The van der Waals surface area contributed by atoms with Gasteiger partial charge < -0.3 is 15.7 Å². The van der Waals surface area contributed by atoms with Crippen molar-refractivity contribution in [3.63, 3.8) is 0 Å². The lowest BCUT2D eigenvalue weighted by molar-refractivity contribution is -0.141. The normalized spacial score (nSPS) is 15.8. The van der Waals surface area contributed by atoms with Crippen LogP contribution in [0.3, 0.4) is 0 Å². The molecule has 0 saturated heterocycles. The van der Waals surface area contributed by atoms with Crippen LogP contribution in [0.1, 0.15) is 20.8 Å². The molecule has 92 valence electrons. The van der Waals surface area contributed by atoms with Gasteiger partial charge in [0, 0.05) is 0 Å². The second-order valence-electron chi connectivity index (χ2n) is 3.47. The first-order chi connectivity index (χ1) is 7.25. The van der Waals surface area contributed by atoms with E-state index in [0.29, 0.717) is 0 Å². The van der Waals surface area contributed by atoms with E-state index in [9.17, 15) is 14.4 Å². The van der Waals surface area contributed by atoms with Gasteiger partial charge >= 0.3 is 5.97 Å². The molecular formula is C9H16N2O4S. The highest BCUT2D eigenvalue weighted by Gasteiger charge is 2.21. The standard InChI is InChI=1S/C9H16N2O4S/c1-4(10-8(13)6(3)16)7(12)11-5(2)9(14)15/h4-6,16H,1-3H3,(H,10,13)(H,11,12)(H,14,15). The van der Waals surface area contributed by atoms with Crippen LogP contribution in [0.4, 0.5) is 0 Å². The van der Waals surface area contributed by atoms with E-state index in [-0.39, 0.29) is 5.91 Å². The molecule has 0 aliphatic carbocycles. The number of thiol groups is 1. The molecule has 0 saturated carbocycles. The van der Waals surface area contributed by atoms with Gasteiger partial charge in [-0.05, 0) is 20.8 Å². The van der Waals surface area contributed by atoms with E-state index in [1.54, 1.807) is 6.92 Å². The minimum Gasteiger partial charge on any atom is -0.480 e. The smallest absolute Gasteiger partial charge is 0.325 e. The molecule has 0 aromatic heterocycles. The lowest BCUT2D eigenvalue weighted by Gasteiger charge is -2.16. The maximum absolute atomic E-state index is 11.4. The topological polar surface area (TPSA) is 95.5 Å². The Morgan fingerprint density at radius 1 is 1.00 bits per heavy atom. The molecule has 7 heteroatoms. The highest BCUT2D eigenvalue weighted by molar-refractivity contribution is 7.81. The van der Waals surface area contributed by atoms with Crippen LogP contribution < -0.4 is 10.6 Å². The Balaban J connectivity index is 4.19. The van der Waals surface area contributed by atoms with E-state index in [1.807, 2.05) is 0 Å². The van der Waals surface area contributed by atoms with Crippen molar-refractivity contribution >= 4 is 30.4 Å². The van der Waals surface area contributed by atoms with E-state index < -0.39 is 29.2 Å². The van der Waals surface area contributed by atoms with E-state index in [1.165, 1.54) is 13.8 Å². The molecule has 0 aliphatic rings. The summed E-state index contributed by atoms with van der Waals surface area (Å²) in [6, 6.07) is -1.77. The number of hydrogen-bond acceptors (Lipinski definition) is 4. The Bertz CT molecular complexity index is 293. The minimum atomic E-state index is -1.13. The first-order valence-corrected chi connectivity index (χ1v) is 5.29. The fraction of sp³-hybridized carbons (Fsp3) is 0.667. The monoisotopic (exact) mass is 248 g/mol. The molecule has 3 N–H and O–H groups in total. The molecule has 0 radical (unpaired) electrons. The first kappa shape index (κ1) is 14.8. The lowest BCUT2D eigenvalue weighted by Crippen LogP contribution is -2.50. The van der Waals surface area contributed by atoms with Gasteiger partial charge in [0.15, 0.2) is 0 Å². The van der Waals surface area contributed by atoms with Crippen molar-refractivity contribution in [3.05, 3.63) is 0 Å². The van der Waals surface area contributed by atoms with Crippen molar-refractivity contribution in [2.45, 2.75) is 38.1 Å². The summed E-state index contributed by atoms with van der Waals surface area (Å²) in [6.07, 6.45) is 0. The average molecular weight is 248 g/mol. The number of nitrogens with one attached hydrogen (secondary N) is 2. The Kier molecular flexibility index (Phi) is 5.87. The summed E-state index contributed by atoms with van der Waals surface area (Å²) in [6.45, 7) is 4.39. The Hall–Kier alpha value is -1.24. The molecule has 16 heavy (non-hydrogen) atoms. The Morgan fingerprint density at radius 3 is 1.81 bits per heavy atom. The molecule has 3 unspecified atom stereocenters. The molecule has 3 atom stereocenters. The zero-order valence-electron chi connectivity index (χ0n) is 9.35. The third-order valence-electron chi connectivity index (χ3n) is 1.86. The number of hydrogen-bond donors (Lipinski definition) is 4. The van der Waals surface area contributed by atoms with Crippen molar-refractivity contribution < 1.29 is 19.5 Å². The fourth-order valence-electron chi connectivity index (χ4n) is 0.800. The van der Waals surface area contributed by atoms with E-state index in [4.69, 9.17) is 5.11 Å². The number of aliphatic carboxylic acids is 1. The summed E-state index contributed by atoms with van der Waals surface area (Å²) < 4.78 is 0. The van der Waals surface area contributed by atoms with Crippen molar-refractivity contribution in [1.82, 2.24) is 10.6 Å². The molecule has 0 aromatic carbocycles. The molecule has 0 heterocycles. The van der Waals surface area contributed by atoms with E-state index in [2.05, 4.69) is 23.3 Å². The van der Waals surface area contributed by atoms with Crippen molar-refractivity contribution in [2.24, 2.45) is 0 Å². The maximum atomic E-state index is 11.4. The predicted octanol–water partition coefficient (Wildman–Crippen LogP) is -0.601. The summed E-state index contributed by atoms with van der Waals surface area (Å²) in [5.41, 5.74) is 0. The molecular weight excluding hydrogens is 232 g/mol. The van der Waals surface area contributed by atoms with Crippen LogP contribution in [0.15, 0.2) is 0 Å². The third-order valence-corrected chi connectivity index (χ3v) is 2.10. The number of carboxylic acids is 1. The largest absolute Gasteiger partial charge is 0.480 e. The number of carbonyl (C=O) groups excluding carboxylic acids is 2. The lowest BCUT2D eigenvalue weighted by atomic mass is 10.2. The highest BCUT2D eigenvalue weighted by atomic mass is 32.1. The van der Waals surface area contributed by atoms with Gasteiger partial charge in [0.05, 0.1) is 5.25 Å². The number of carboxylic acid groups (broad SMARTS) is 1. The SMILES string of the molecule is CC(S)C(=O)NC(C)C(=O)NC(C)C(=O)O. The van der Waals surface area contributed by atoms with Crippen LogP contribution in [0.2, 0.25) is 0 Å². The van der Waals surface area contributed by atoms with Crippen LogP contribution >= 0.6 is 12.6 Å². The van der Waals surface area contributed by atoms with Crippen LogP contribution in [0.25, 0.3) is 0 Å². The van der Waals surface area contributed by atoms with Gasteiger partial charge in [0.1, 0.15) is 12.1 Å². The second-order valence-corrected chi connectivity index (χ2v) is 4.25. The number of rotatable bonds is 5. The molecule has 0 aliphatic heterocycles. The maximum Gasteiger partial charge on any atom is 0.325 e. The van der Waals surface area contributed by atoms with Gasteiger partial charge in [-0.2, -0.15) is 12.6 Å². The number of amides is 2. The van der Waals surface area contributed by atoms with Crippen LogP contribution in [0, 0.1) is 0 Å². The molecule has 2 amide bonds. The summed E-state index contributed by atoms with van der Waals surface area (Å²) in [7, 11) is 0. The van der Waals surface area contributed by atoms with Gasteiger partial charge in [-0.1, -0.05) is 0 Å². The predicted molar refractivity (Wildman–Crippen MR) is 61.3 cm³/mol. The quantitative estimate of drug-likeness (QED) is 0.488.